The number of ether oxygens (including phenoxy) is 1. The molecule has 172 valence electrons. The van der Waals surface area contributed by atoms with Crippen LogP contribution < -0.4 is 9.64 Å². The van der Waals surface area contributed by atoms with Gasteiger partial charge in [-0.2, -0.15) is 13.2 Å². The molecule has 0 atom stereocenters. The van der Waals surface area contributed by atoms with Crippen molar-refractivity contribution < 1.29 is 22.7 Å². The van der Waals surface area contributed by atoms with Crippen LogP contribution in [-0.4, -0.2) is 48.6 Å². The summed E-state index contributed by atoms with van der Waals surface area (Å²) in [5.41, 5.74) is -0.238. The molecular formula is C23H26F3N3O2S. The molecule has 0 saturated heterocycles. The summed E-state index contributed by atoms with van der Waals surface area (Å²) in [7, 11) is 0. The average Bonchev–Trinajstić information content (AvgIpc) is 3.21. The number of nitrogens with zero attached hydrogens (tertiary/aromatic N) is 3. The van der Waals surface area contributed by atoms with E-state index in [9.17, 15) is 18.0 Å². The first-order valence-electron chi connectivity index (χ1n) is 10.5. The molecule has 0 spiro atoms. The summed E-state index contributed by atoms with van der Waals surface area (Å²) < 4.78 is 46.1. The zero-order chi connectivity index (χ0) is 23.3. The Morgan fingerprint density at radius 2 is 1.78 bits per heavy atom. The summed E-state index contributed by atoms with van der Waals surface area (Å²) in [4.78, 5) is 21.6. The van der Waals surface area contributed by atoms with Crippen molar-refractivity contribution >= 4 is 32.6 Å². The second kappa shape index (κ2) is 10.3. The Bertz CT molecular complexity index is 1060. The summed E-state index contributed by atoms with van der Waals surface area (Å²) in [5, 5.41) is 0.432. The van der Waals surface area contributed by atoms with Gasteiger partial charge >= 0.3 is 6.18 Å². The number of alkyl halides is 3. The van der Waals surface area contributed by atoms with Gasteiger partial charge in [0.2, 0.25) is 0 Å². The molecule has 0 saturated carbocycles. The maximum absolute atomic E-state index is 13.4. The lowest BCUT2D eigenvalue weighted by molar-refractivity contribution is -0.137. The minimum Gasteiger partial charge on any atom is -0.492 e. The summed E-state index contributed by atoms with van der Waals surface area (Å²) in [6.45, 7) is 8.88. The predicted octanol–water partition coefficient (Wildman–Crippen LogP) is 5.70. The van der Waals surface area contributed by atoms with Gasteiger partial charge in [0.05, 0.1) is 16.9 Å². The number of carbonyl (C=O) groups is 1. The predicted molar refractivity (Wildman–Crippen MR) is 122 cm³/mol. The lowest BCUT2D eigenvalue weighted by Crippen LogP contribution is -2.39. The second-order valence-corrected chi connectivity index (χ2v) is 8.10. The Morgan fingerprint density at radius 3 is 2.44 bits per heavy atom. The molecular weight excluding hydrogens is 439 g/mol. The van der Waals surface area contributed by atoms with Crippen molar-refractivity contribution in [2.24, 2.45) is 0 Å². The lowest BCUT2D eigenvalue weighted by atomic mass is 10.1. The summed E-state index contributed by atoms with van der Waals surface area (Å²) >= 11 is 1.32. The van der Waals surface area contributed by atoms with Crippen molar-refractivity contribution in [2.45, 2.75) is 26.9 Å². The van der Waals surface area contributed by atoms with E-state index in [1.165, 1.54) is 28.4 Å². The van der Waals surface area contributed by atoms with Crippen molar-refractivity contribution in [3.63, 3.8) is 0 Å². The van der Waals surface area contributed by atoms with Crippen LogP contribution in [0.4, 0.5) is 18.3 Å². The number of benzene rings is 2. The van der Waals surface area contributed by atoms with Gasteiger partial charge in [-0.3, -0.25) is 9.69 Å². The zero-order valence-corrected chi connectivity index (χ0v) is 19.1. The molecule has 3 rings (SSSR count). The monoisotopic (exact) mass is 465 g/mol. The molecule has 0 N–H and O–H groups in total. The van der Waals surface area contributed by atoms with Crippen molar-refractivity contribution in [3.8, 4) is 5.75 Å². The Kier molecular flexibility index (Phi) is 7.73. The largest absolute Gasteiger partial charge is 0.492 e. The number of anilines is 1. The van der Waals surface area contributed by atoms with Crippen LogP contribution in [0.1, 0.15) is 36.7 Å². The summed E-state index contributed by atoms with van der Waals surface area (Å²) in [6, 6.07) is 10.1. The van der Waals surface area contributed by atoms with E-state index in [1.54, 1.807) is 0 Å². The highest BCUT2D eigenvalue weighted by Crippen LogP contribution is 2.35. The van der Waals surface area contributed by atoms with Crippen LogP contribution in [0.2, 0.25) is 0 Å². The number of amides is 1. The number of halogens is 3. The van der Waals surface area contributed by atoms with Crippen LogP contribution in [0.3, 0.4) is 0 Å². The molecule has 0 aliphatic rings. The quantitative estimate of drug-likeness (QED) is 0.407. The highest BCUT2D eigenvalue weighted by Gasteiger charge is 2.32. The summed E-state index contributed by atoms with van der Waals surface area (Å²) in [6.07, 6.45) is -4.52. The van der Waals surface area contributed by atoms with Crippen LogP contribution in [0.25, 0.3) is 10.2 Å². The van der Waals surface area contributed by atoms with E-state index in [2.05, 4.69) is 9.88 Å². The Morgan fingerprint density at radius 1 is 1.06 bits per heavy atom. The van der Waals surface area contributed by atoms with Crippen LogP contribution in [-0.2, 0) is 6.18 Å². The molecule has 0 radical (unpaired) electrons. The normalized spacial score (nSPS) is 11.8. The van der Waals surface area contributed by atoms with Crippen molar-refractivity contribution in [1.82, 2.24) is 9.88 Å². The number of carbonyl (C=O) groups excluding carboxylic acids is 1. The topological polar surface area (TPSA) is 45.7 Å². The van der Waals surface area contributed by atoms with Gasteiger partial charge in [0.25, 0.3) is 5.91 Å². The van der Waals surface area contributed by atoms with Gasteiger partial charge in [-0.15, -0.1) is 0 Å². The first-order valence-corrected chi connectivity index (χ1v) is 11.3. The number of rotatable bonds is 9. The lowest BCUT2D eigenvalue weighted by Gasteiger charge is -2.25. The number of para-hydroxylation sites is 1. The van der Waals surface area contributed by atoms with E-state index >= 15 is 0 Å². The average molecular weight is 466 g/mol. The third kappa shape index (κ3) is 5.39. The van der Waals surface area contributed by atoms with Gasteiger partial charge in [-0.25, -0.2) is 4.98 Å². The molecule has 0 unspecified atom stereocenters. The molecule has 0 aliphatic carbocycles. The van der Waals surface area contributed by atoms with Crippen molar-refractivity contribution in [2.75, 3.05) is 37.7 Å². The molecule has 0 aliphatic heterocycles. The highest BCUT2D eigenvalue weighted by molar-refractivity contribution is 7.22. The van der Waals surface area contributed by atoms with E-state index in [-0.39, 0.29) is 5.56 Å². The molecule has 2 aromatic carbocycles. The zero-order valence-electron chi connectivity index (χ0n) is 18.3. The van der Waals surface area contributed by atoms with Crippen LogP contribution in [0, 0.1) is 0 Å². The maximum Gasteiger partial charge on any atom is 0.416 e. The molecule has 0 bridgehead atoms. The van der Waals surface area contributed by atoms with Crippen LogP contribution in [0.5, 0.6) is 5.75 Å². The molecule has 3 aromatic rings. The fourth-order valence-electron chi connectivity index (χ4n) is 3.35. The van der Waals surface area contributed by atoms with Gasteiger partial charge < -0.3 is 9.64 Å². The third-order valence-electron chi connectivity index (χ3n) is 5.12. The number of hydrogen-bond donors (Lipinski definition) is 0. The SMILES string of the molecule is CCOc1cccc2sc(N(CCN(CC)CC)C(=O)c3cccc(C(F)(F)F)c3)nc12. The number of likely N-dealkylation sites (N-methyl/N-ethyl adjacent to an activating group) is 1. The van der Waals surface area contributed by atoms with Gasteiger partial charge in [0.1, 0.15) is 11.3 Å². The Labute approximate surface area is 189 Å². The van der Waals surface area contributed by atoms with Crippen LogP contribution >= 0.6 is 11.3 Å². The summed E-state index contributed by atoms with van der Waals surface area (Å²) in [5.74, 6) is 0.1000. The number of hydrogen-bond acceptors (Lipinski definition) is 5. The standard InChI is InChI=1S/C23H26F3N3O2S/c1-4-28(5-2)13-14-29(21(30)16-9-7-10-17(15-16)23(24,25)26)22-27-20-18(31-6-3)11-8-12-19(20)32-22/h7-12,15H,4-6,13-14H2,1-3H3. The fraction of sp³-hybridized carbons (Fsp3) is 0.391. The van der Waals surface area contributed by atoms with Gasteiger partial charge in [-0.05, 0) is 50.3 Å². The number of aromatic nitrogens is 1. The molecule has 5 nitrogen and oxygen atoms in total. The maximum atomic E-state index is 13.4. The molecule has 32 heavy (non-hydrogen) atoms. The minimum absolute atomic E-state index is 0.0244. The highest BCUT2D eigenvalue weighted by atomic mass is 32.1. The fourth-order valence-corrected chi connectivity index (χ4v) is 4.36. The first-order chi connectivity index (χ1) is 15.3. The molecule has 9 heteroatoms. The van der Waals surface area contributed by atoms with E-state index < -0.39 is 17.6 Å². The Balaban J connectivity index is 2.01. The Hall–Kier alpha value is -2.65. The third-order valence-corrected chi connectivity index (χ3v) is 6.16. The van der Waals surface area contributed by atoms with E-state index in [0.29, 0.717) is 36.1 Å². The van der Waals surface area contributed by atoms with Gasteiger partial charge in [-0.1, -0.05) is 37.3 Å². The van der Waals surface area contributed by atoms with Crippen molar-refractivity contribution in [1.29, 1.82) is 0 Å². The molecule has 1 aromatic heterocycles. The van der Waals surface area contributed by atoms with E-state index in [0.717, 1.165) is 29.9 Å². The first kappa shape index (κ1) is 24.0. The minimum atomic E-state index is -4.52. The van der Waals surface area contributed by atoms with E-state index in [4.69, 9.17) is 4.74 Å². The molecule has 1 amide bonds. The van der Waals surface area contributed by atoms with Crippen LogP contribution in [0.15, 0.2) is 42.5 Å². The van der Waals surface area contributed by atoms with E-state index in [1.807, 2.05) is 39.0 Å². The smallest absolute Gasteiger partial charge is 0.416 e. The molecule has 0 fully saturated rings. The van der Waals surface area contributed by atoms with Gasteiger partial charge in [0.15, 0.2) is 5.13 Å². The van der Waals surface area contributed by atoms with Gasteiger partial charge in [0, 0.05) is 18.7 Å². The number of thiazole rings is 1. The molecule has 1 heterocycles. The second-order valence-electron chi connectivity index (χ2n) is 7.09. The number of fused-ring (bicyclic) bond motifs is 1. The van der Waals surface area contributed by atoms with Crippen molar-refractivity contribution in [3.05, 3.63) is 53.6 Å².